The highest BCUT2D eigenvalue weighted by atomic mass is 16.5. The van der Waals surface area contributed by atoms with Crippen LogP contribution in [0.15, 0.2) is 42.7 Å². The van der Waals surface area contributed by atoms with Crippen LogP contribution in [0.2, 0.25) is 0 Å². The third-order valence-electron chi connectivity index (χ3n) is 3.73. The van der Waals surface area contributed by atoms with E-state index in [4.69, 9.17) is 9.47 Å². The Bertz CT molecular complexity index is 723. The lowest BCUT2D eigenvalue weighted by Gasteiger charge is -2.26. The molecular formula is C18H19N3O3. The van der Waals surface area contributed by atoms with E-state index in [0.29, 0.717) is 30.5 Å². The molecular weight excluding hydrogens is 306 g/mol. The molecule has 24 heavy (non-hydrogen) atoms. The van der Waals surface area contributed by atoms with Crippen LogP contribution in [-0.2, 0) is 4.74 Å². The molecule has 0 unspecified atom stereocenters. The van der Waals surface area contributed by atoms with Gasteiger partial charge < -0.3 is 14.4 Å². The third-order valence-corrected chi connectivity index (χ3v) is 3.73. The van der Waals surface area contributed by atoms with Crippen LogP contribution in [0.1, 0.15) is 15.9 Å². The van der Waals surface area contributed by atoms with Crippen LogP contribution in [0.5, 0.6) is 5.75 Å². The number of ether oxygens (including phenoxy) is 2. The highest BCUT2D eigenvalue weighted by molar-refractivity contribution is 6.07. The van der Waals surface area contributed by atoms with Crippen molar-refractivity contribution < 1.29 is 14.3 Å². The van der Waals surface area contributed by atoms with Gasteiger partial charge in [-0.3, -0.25) is 4.79 Å². The number of carbonyl (C=O) groups is 1. The first-order chi connectivity index (χ1) is 11.8. The van der Waals surface area contributed by atoms with E-state index in [-0.39, 0.29) is 5.78 Å². The Morgan fingerprint density at radius 1 is 1.25 bits per heavy atom. The summed E-state index contributed by atoms with van der Waals surface area (Å²) in [5.74, 6) is 1.26. The fourth-order valence-electron chi connectivity index (χ4n) is 2.39. The normalized spacial score (nSPS) is 14.8. The summed E-state index contributed by atoms with van der Waals surface area (Å²) >= 11 is 0. The number of aromatic nitrogens is 2. The number of hydrogen-bond acceptors (Lipinski definition) is 6. The SMILES string of the molecule is COc1cccc(C(=O)/C=C/c2cnc(N3CCOCC3)nc2)c1. The van der Waals surface area contributed by atoms with E-state index in [9.17, 15) is 4.79 Å². The summed E-state index contributed by atoms with van der Waals surface area (Å²) < 4.78 is 10.4. The van der Waals surface area contributed by atoms with E-state index in [1.807, 2.05) is 0 Å². The Morgan fingerprint density at radius 3 is 2.71 bits per heavy atom. The first kappa shape index (κ1) is 16.1. The summed E-state index contributed by atoms with van der Waals surface area (Å²) in [6.45, 7) is 2.98. The number of morpholine rings is 1. The van der Waals surface area contributed by atoms with Gasteiger partial charge in [0.25, 0.3) is 0 Å². The lowest BCUT2D eigenvalue weighted by Crippen LogP contribution is -2.37. The van der Waals surface area contributed by atoms with Crippen molar-refractivity contribution in [3.63, 3.8) is 0 Å². The summed E-state index contributed by atoms with van der Waals surface area (Å²) in [4.78, 5) is 23.0. The van der Waals surface area contributed by atoms with Crippen LogP contribution < -0.4 is 9.64 Å². The molecule has 1 aromatic carbocycles. The molecule has 0 N–H and O–H groups in total. The van der Waals surface area contributed by atoms with Gasteiger partial charge in [0.1, 0.15) is 5.75 Å². The average Bonchev–Trinajstić information content (AvgIpc) is 2.67. The van der Waals surface area contributed by atoms with Gasteiger partial charge in [0, 0.05) is 36.6 Å². The van der Waals surface area contributed by atoms with Gasteiger partial charge in [0.15, 0.2) is 5.78 Å². The molecule has 0 atom stereocenters. The highest BCUT2D eigenvalue weighted by Crippen LogP contribution is 2.14. The molecule has 0 bridgehead atoms. The van der Waals surface area contributed by atoms with Gasteiger partial charge in [0.05, 0.1) is 20.3 Å². The number of carbonyl (C=O) groups excluding carboxylic acids is 1. The number of rotatable bonds is 5. The van der Waals surface area contributed by atoms with E-state index < -0.39 is 0 Å². The molecule has 6 nitrogen and oxygen atoms in total. The van der Waals surface area contributed by atoms with Crippen molar-refractivity contribution in [2.24, 2.45) is 0 Å². The monoisotopic (exact) mass is 325 g/mol. The Kier molecular flexibility index (Phi) is 5.18. The minimum atomic E-state index is -0.0915. The number of anilines is 1. The molecule has 0 radical (unpaired) electrons. The molecule has 1 fully saturated rings. The maximum Gasteiger partial charge on any atom is 0.225 e. The van der Waals surface area contributed by atoms with Gasteiger partial charge in [-0.1, -0.05) is 12.1 Å². The van der Waals surface area contributed by atoms with Crippen LogP contribution >= 0.6 is 0 Å². The van der Waals surface area contributed by atoms with Gasteiger partial charge in [-0.15, -0.1) is 0 Å². The van der Waals surface area contributed by atoms with Crippen LogP contribution in [0.3, 0.4) is 0 Å². The van der Waals surface area contributed by atoms with Gasteiger partial charge in [-0.25, -0.2) is 9.97 Å². The molecule has 0 saturated carbocycles. The van der Waals surface area contributed by atoms with Crippen molar-refractivity contribution in [1.29, 1.82) is 0 Å². The Balaban J connectivity index is 1.66. The Hall–Kier alpha value is -2.73. The fourth-order valence-corrected chi connectivity index (χ4v) is 2.39. The average molecular weight is 325 g/mol. The summed E-state index contributed by atoms with van der Waals surface area (Å²) in [5, 5.41) is 0. The summed E-state index contributed by atoms with van der Waals surface area (Å²) in [6, 6.07) is 7.07. The van der Waals surface area contributed by atoms with Crippen LogP contribution in [0.4, 0.5) is 5.95 Å². The number of hydrogen-bond donors (Lipinski definition) is 0. The van der Waals surface area contributed by atoms with Crippen LogP contribution in [0, 0.1) is 0 Å². The molecule has 3 rings (SSSR count). The Morgan fingerprint density at radius 2 is 2.00 bits per heavy atom. The van der Waals surface area contributed by atoms with Gasteiger partial charge in [-0.2, -0.15) is 0 Å². The predicted octanol–water partition coefficient (Wildman–Crippen LogP) is 2.22. The minimum absolute atomic E-state index is 0.0915. The molecule has 1 aliphatic rings. The van der Waals surface area contributed by atoms with Crippen molar-refractivity contribution in [2.75, 3.05) is 38.3 Å². The second-order valence-corrected chi connectivity index (χ2v) is 5.35. The van der Waals surface area contributed by atoms with Crippen LogP contribution in [-0.4, -0.2) is 49.2 Å². The second-order valence-electron chi connectivity index (χ2n) is 5.35. The first-order valence-corrected chi connectivity index (χ1v) is 7.77. The number of allylic oxidation sites excluding steroid dienone is 1. The van der Waals surface area contributed by atoms with E-state index in [1.54, 1.807) is 49.8 Å². The predicted molar refractivity (Wildman–Crippen MR) is 91.4 cm³/mol. The zero-order valence-electron chi connectivity index (χ0n) is 13.5. The topological polar surface area (TPSA) is 64.5 Å². The molecule has 0 amide bonds. The fraction of sp³-hybridized carbons (Fsp3) is 0.278. The number of nitrogens with zero attached hydrogens (tertiary/aromatic N) is 3. The quantitative estimate of drug-likeness (QED) is 0.620. The Labute approximate surface area is 140 Å². The van der Waals surface area contributed by atoms with Crippen molar-refractivity contribution >= 4 is 17.8 Å². The summed E-state index contributed by atoms with van der Waals surface area (Å²) in [5.41, 5.74) is 1.36. The first-order valence-electron chi connectivity index (χ1n) is 7.77. The standard InChI is InChI=1S/C18H19N3O3/c1-23-16-4-2-3-15(11-16)17(22)6-5-14-12-19-18(20-13-14)21-7-9-24-10-8-21/h2-6,11-13H,7-10H2,1H3/b6-5+. The lowest BCUT2D eigenvalue weighted by atomic mass is 10.1. The second kappa shape index (κ2) is 7.70. The molecule has 0 spiro atoms. The maximum atomic E-state index is 12.2. The summed E-state index contributed by atoms with van der Waals surface area (Å²) in [7, 11) is 1.58. The van der Waals surface area contributed by atoms with Crippen molar-refractivity contribution in [2.45, 2.75) is 0 Å². The zero-order valence-corrected chi connectivity index (χ0v) is 13.5. The minimum Gasteiger partial charge on any atom is -0.497 e. The molecule has 1 aromatic heterocycles. The summed E-state index contributed by atoms with van der Waals surface area (Å²) in [6.07, 6.45) is 6.66. The van der Waals surface area contributed by atoms with Gasteiger partial charge in [0.2, 0.25) is 5.95 Å². The van der Waals surface area contributed by atoms with Crippen molar-refractivity contribution in [1.82, 2.24) is 9.97 Å². The van der Waals surface area contributed by atoms with Crippen molar-refractivity contribution in [3.05, 3.63) is 53.9 Å². The lowest BCUT2D eigenvalue weighted by molar-refractivity contribution is 0.104. The van der Waals surface area contributed by atoms with E-state index in [0.717, 1.165) is 18.7 Å². The van der Waals surface area contributed by atoms with Crippen LogP contribution in [0.25, 0.3) is 6.08 Å². The number of methoxy groups -OCH3 is 1. The largest absolute Gasteiger partial charge is 0.497 e. The number of benzene rings is 1. The van der Waals surface area contributed by atoms with Gasteiger partial charge in [-0.05, 0) is 24.3 Å². The third kappa shape index (κ3) is 3.97. The number of ketones is 1. The zero-order chi connectivity index (χ0) is 16.8. The van der Waals surface area contributed by atoms with Crippen molar-refractivity contribution in [3.8, 4) is 5.75 Å². The van der Waals surface area contributed by atoms with Gasteiger partial charge >= 0.3 is 0 Å². The van der Waals surface area contributed by atoms with E-state index in [2.05, 4.69) is 14.9 Å². The van der Waals surface area contributed by atoms with E-state index in [1.165, 1.54) is 6.08 Å². The smallest absolute Gasteiger partial charge is 0.225 e. The molecule has 1 saturated heterocycles. The molecule has 1 aliphatic heterocycles. The molecule has 6 heteroatoms. The highest BCUT2D eigenvalue weighted by Gasteiger charge is 2.13. The molecule has 2 aromatic rings. The molecule has 0 aliphatic carbocycles. The maximum absolute atomic E-state index is 12.2. The van der Waals surface area contributed by atoms with E-state index >= 15 is 0 Å². The molecule has 124 valence electrons. The molecule has 2 heterocycles.